The summed E-state index contributed by atoms with van der Waals surface area (Å²) in [6.45, 7) is 0.858. The molecule has 0 spiro atoms. The molecular weight excluding hydrogens is 334 g/mol. The van der Waals surface area contributed by atoms with Crippen molar-refractivity contribution in [2.75, 3.05) is 24.2 Å². The molecule has 1 N–H and O–H groups in total. The molecule has 0 saturated carbocycles. The van der Waals surface area contributed by atoms with Crippen LogP contribution in [-0.2, 0) is 10.0 Å². The number of anilines is 1. The fraction of sp³-hybridized carbons (Fsp3) is 0.273. The number of aromatic nitrogens is 2. The zero-order valence-corrected chi connectivity index (χ0v) is 13.3. The summed E-state index contributed by atoms with van der Waals surface area (Å²) >= 11 is 2.58. The molecule has 0 fully saturated rings. The average molecular weight is 345 g/mol. The van der Waals surface area contributed by atoms with Gasteiger partial charge in [-0.25, -0.2) is 8.42 Å². The maximum Gasteiger partial charge on any atom is 0.263 e. The van der Waals surface area contributed by atoms with Crippen LogP contribution in [0, 0.1) is 0 Å². The lowest BCUT2D eigenvalue weighted by atomic mass is 10.3. The van der Waals surface area contributed by atoms with Crippen LogP contribution in [0.3, 0.4) is 0 Å². The number of benzene rings is 1. The Kier molecular flexibility index (Phi) is 3.91. The SMILES string of the molecule is CSc1nnc(NS(=O)(=O)c2ccc3c(c2)OCCO3)s1. The lowest BCUT2D eigenvalue weighted by Gasteiger charge is -2.18. The van der Waals surface area contributed by atoms with Crippen molar-refractivity contribution in [3.05, 3.63) is 18.2 Å². The van der Waals surface area contributed by atoms with Crippen molar-refractivity contribution in [3.63, 3.8) is 0 Å². The van der Waals surface area contributed by atoms with E-state index in [1.54, 1.807) is 6.07 Å². The Labute approximate surface area is 129 Å². The third-order valence-electron chi connectivity index (χ3n) is 2.63. The molecule has 0 radical (unpaired) electrons. The van der Waals surface area contributed by atoms with Crippen molar-refractivity contribution in [3.8, 4) is 11.5 Å². The summed E-state index contributed by atoms with van der Waals surface area (Å²) in [4.78, 5) is 0.0904. The van der Waals surface area contributed by atoms with Crippen molar-refractivity contribution in [2.24, 2.45) is 0 Å². The van der Waals surface area contributed by atoms with Crippen LogP contribution >= 0.6 is 23.1 Å². The largest absolute Gasteiger partial charge is 0.486 e. The topological polar surface area (TPSA) is 90.4 Å². The van der Waals surface area contributed by atoms with E-state index in [-0.39, 0.29) is 10.0 Å². The maximum absolute atomic E-state index is 12.3. The molecule has 3 rings (SSSR count). The second kappa shape index (κ2) is 5.70. The third-order valence-corrected chi connectivity index (χ3v) is 5.91. The van der Waals surface area contributed by atoms with Crippen LogP contribution in [-0.4, -0.2) is 38.1 Å². The molecule has 0 unspecified atom stereocenters. The van der Waals surface area contributed by atoms with Gasteiger partial charge >= 0.3 is 0 Å². The van der Waals surface area contributed by atoms with E-state index in [1.165, 1.54) is 35.2 Å². The summed E-state index contributed by atoms with van der Waals surface area (Å²) in [6.07, 6.45) is 1.85. The highest BCUT2D eigenvalue weighted by atomic mass is 32.2. The zero-order valence-electron chi connectivity index (χ0n) is 10.9. The number of thioether (sulfide) groups is 1. The number of nitrogens with zero attached hydrogens (tertiary/aromatic N) is 2. The highest BCUT2D eigenvalue weighted by Crippen LogP contribution is 2.33. The normalized spacial score (nSPS) is 14.0. The van der Waals surface area contributed by atoms with Gasteiger partial charge in [-0.05, 0) is 18.4 Å². The second-order valence-electron chi connectivity index (χ2n) is 3.99. The van der Waals surface area contributed by atoms with E-state index in [4.69, 9.17) is 9.47 Å². The Morgan fingerprint density at radius 2 is 2.00 bits per heavy atom. The first-order valence-electron chi connectivity index (χ1n) is 5.88. The molecule has 0 bridgehead atoms. The van der Waals surface area contributed by atoms with Crippen molar-refractivity contribution >= 4 is 38.3 Å². The monoisotopic (exact) mass is 345 g/mol. The lowest BCUT2D eigenvalue weighted by Crippen LogP contribution is -2.17. The molecule has 2 aromatic rings. The first-order chi connectivity index (χ1) is 10.1. The first kappa shape index (κ1) is 14.4. The van der Waals surface area contributed by atoms with Crippen molar-refractivity contribution in [2.45, 2.75) is 9.24 Å². The molecule has 0 saturated heterocycles. The van der Waals surface area contributed by atoms with Crippen LogP contribution in [0.2, 0.25) is 0 Å². The summed E-state index contributed by atoms with van der Waals surface area (Å²) in [5.41, 5.74) is 0. The standard InChI is InChI=1S/C11H11N3O4S3/c1-19-11-13-12-10(20-11)14-21(15,16)7-2-3-8-9(6-7)18-5-4-17-8/h2-3,6H,4-5H2,1H3,(H,12,14). The summed E-state index contributed by atoms with van der Waals surface area (Å²) in [5, 5.41) is 7.86. The maximum atomic E-state index is 12.3. The van der Waals surface area contributed by atoms with Crippen LogP contribution in [0.15, 0.2) is 27.4 Å². The molecule has 7 nitrogen and oxygen atoms in total. The van der Waals surface area contributed by atoms with Crippen LogP contribution in [0.5, 0.6) is 11.5 Å². The number of hydrogen-bond donors (Lipinski definition) is 1. The fourth-order valence-corrected chi connectivity index (χ4v) is 4.11. The van der Waals surface area contributed by atoms with Gasteiger partial charge < -0.3 is 9.47 Å². The van der Waals surface area contributed by atoms with Gasteiger partial charge in [-0.2, -0.15) is 0 Å². The summed E-state index contributed by atoms with van der Waals surface area (Å²) in [6, 6.07) is 4.48. The summed E-state index contributed by atoms with van der Waals surface area (Å²) in [7, 11) is -3.73. The van der Waals surface area contributed by atoms with Gasteiger partial charge in [-0.3, -0.25) is 4.72 Å². The number of nitrogens with one attached hydrogen (secondary N) is 1. The quantitative estimate of drug-likeness (QED) is 0.845. The average Bonchev–Trinajstić information content (AvgIpc) is 2.93. The Balaban J connectivity index is 1.87. The van der Waals surface area contributed by atoms with E-state index in [0.717, 1.165) is 0 Å². The highest BCUT2D eigenvalue weighted by molar-refractivity contribution is 8.00. The van der Waals surface area contributed by atoms with Crippen molar-refractivity contribution < 1.29 is 17.9 Å². The number of hydrogen-bond acceptors (Lipinski definition) is 8. The number of fused-ring (bicyclic) bond motifs is 1. The van der Waals surface area contributed by atoms with Crippen LogP contribution in [0.1, 0.15) is 0 Å². The van der Waals surface area contributed by atoms with E-state index < -0.39 is 10.0 Å². The number of ether oxygens (including phenoxy) is 2. The van der Waals surface area contributed by atoms with Gasteiger partial charge in [0.25, 0.3) is 10.0 Å². The number of sulfonamides is 1. The smallest absolute Gasteiger partial charge is 0.263 e. The van der Waals surface area contributed by atoms with Crippen LogP contribution < -0.4 is 14.2 Å². The fourth-order valence-electron chi connectivity index (χ4n) is 1.70. The Bertz CT molecular complexity index is 760. The van der Waals surface area contributed by atoms with Gasteiger partial charge in [0.05, 0.1) is 4.90 Å². The van der Waals surface area contributed by atoms with Crippen molar-refractivity contribution in [1.29, 1.82) is 0 Å². The molecule has 0 atom stereocenters. The van der Waals surface area contributed by atoms with E-state index >= 15 is 0 Å². The second-order valence-corrected chi connectivity index (χ2v) is 7.70. The minimum atomic E-state index is -3.73. The lowest BCUT2D eigenvalue weighted by molar-refractivity contribution is 0.171. The molecule has 2 heterocycles. The zero-order chi connectivity index (χ0) is 14.9. The van der Waals surface area contributed by atoms with E-state index in [0.29, 0.717) is 29.1 Å². The Morgan fingerprint density at radius 3 is 2.71 bits per heavy atom. The predicted molar refractivity (Wildman–Crippen MR) is 79.9 cm³/mol. The molecule has 1 aromatic heterocycles. The van der Waals surface area contributed by atoms with Gasteiger partial charge in [0.15, 0.2) is 15.8 Å². The summed E-state index contributed by atoms with van der Waals surface area (Å²) < 4.78 is 38.5. The Morgan fingerprint density at radius 1 is 1.24 bits per heavy atom. The summed E-state index contributed by atoms with van der Waals surface area (Å²) in [5.74, 6) is 0.965. The van der Waals surface area contributed by atoms with E-state index in [9.17, 15) is 8.42 Å². The van der Waals surface area contributed by atoms with Gasteiger partial charge in [-0.1, -0.05) is 23.1 Å². The molecule has 21 heavy (non-hydrogen) atoms. The molecule has 112 valence electrons. The minimum Gasteiger partial charge on any atom is -0.486 e. The molecule has 1 aliphatic rings. The predicted octanol–water partition coefficient (Wildman–Crippen LogP) is 1.83. The highest BCUT2D eigenvalue weighted by Gasteiger charge is 2.20. The third kappa shape index (κ3) is 3.06. The van der Waals surface area contributed by atoms with Gasteiger partial charge in [0.2, 0.25) is 5.13 Å². The van der Waals surface area contributed by atoms with E-state index in [1.807, 2.05) is 6.26 Å². The van der Waals surface area contributed by atoms with Crippen LogP contribution in [0.4, 0.5) is 5.13 Å². The Hall–Kier alpha value is -1.52. The van der Waals surface area contributed by atoms with Gasteiger partial charge in [-0.15, -0.1) is 10.2 Å². The molecule has 1 aliphatic heterocycles. The number of rotatable bonds is 4. The minimum absolute atomic E-state index is 0.0904. The van der Waals surface area contributed by atoms with Gasteiger partial charge in [0.1, 0.15) is 13.2 Å². The first-order valence-corrected chi connectivity index (χ1v) is 9.41. The van der Waals surface area contributed by atoms with E-state index in [2.05, 4.69) is 14.9 Å². The van der Waals surface area contributed by atoms with Gasteiger partial charge in [0, 0.05) is 6.07 Å². The molecule has 10 heteroatoms. The molecule has 0 aliphatic carbocycles. The molecular formula is C11H11N3O4S3. The van der Waals surface area contributed by atoms with Crippen molar-refractivity contribution in [1.82, 2.24) is 10.2 Å². The molecule has 1 aromatic carbocycles. The molecule has 0 amide bonds. The van der Waals surface area contributed by atoms with Crippen LogP contribution in [0.25, 0.3) is 0 Å².